The number of hydrogen-bond acceptors (Lipinski definition) is 3. The predicted octanol–water partition coefficient (Wildman–Crippen LogP) is 1.37. The summed E-state index contributed by atoms with van der Waals surface area (Å²) in [6.07, 6.45) is 4.11. The molecule has 94 valence electrons. The fourth-order valence-corrected chi connectivity index (χ4v) is 3.44. The van der Waals surface area contributed by atoms with E-state index in [0.29, 0.717) is 11.4 Å². The quantitative estimate of drug-likeness (QED) is 0.852. The molecule has 0 spiro atoms. The van der Waals surface area contributed by atoms with Crippen LogP contribution in [0, 0.1) is 0 Å². The molecule has 0 amide bonds. The van der Waals surface area contributed by atoms with Crippen molar-refractivity contribution >= 4 is 10.0 Å². The maximum absolute atomic E-state index is 12.0. The fourth-order valence-electron chi connectivity index (χ4n) is 2.14. The van der Waals surface area contributed by atoms with Gasteiger partial charge in [-0.25, -0.2) is 13.1 Å². The highest BCUT2D eigenvalue weighted by molar-refractivity contribution is 7.89. The highest BCUT2D eigenvalue weighted by atomic mass is 32.2. The first-order chi connectivity index (χ1) is 8.12. The van der Waals surface area contributed by atoms with E-state index >= 15 is 0 Å². The van der Waals surface area contributed by atoms with Crippen LogP contribution in [0.1, 0.15) is 31.2 Å². The summed E-state index contributed by atoms with van der Waals surface area (Å²) in [5, 5.41) is 0. The Morgan fingerprint density at radius 2 is 1.76 bits per heavy atom. The monoisotopic (exact) mass is 254 g/mol. The summed E-state index contributed by atoms with van der Waals surface area (Å²) in [6, 6.07) is 6.83. The summed E-state index contributed by atoms with van der Waals surface area (Å²) < 4.78 is 26.8. The standard InChI is InChI=1S/C12H18N2O2S/c13-9-10-5-7-12(8-6-10)17(15,16)14-11-3-1-2-4-11/h5-8,11,14H,1-4,9,13H2. The van der Waals surface area contributed by atoms with Crippen LogP contribution in [-0.4, -0.2) is 14.5 Å². The molecule has 0 aromatic heterocycles. The fraction of sp³-hybridized carbons (Fsp3) is 0.500. The smallest absolute Gasteiger partial charge is 0.240 e. The number of benzene rings is 1. The minimum Gasteiger partial charge on any atom is -0.326 e. The van der Waals surface area contributed by atoms with Gasteiger partial charge in [0.2, 0.25) is 10.0 Å². The van der Waals surface area contributed by atoms with Crippen LogP contribution in [0.4, 0.5) is 0 Å². The molecule has 0 saturated heterocycles. The van der Waals surface area contributed by atoms with Gasteiger partial charge in [-0.1, -0.05) is 25.0 Å². The van der Waals surface area contributed by atoms with Gasteiger partial charge in [0.15, 0.2) is 0 Å². The van der Waals surface area contributed by atoms with Crippen LogP contribution in [0.15, 0.2) is 29.2 Å². The van der Waals surface area contributed by atoms with Crippen LogP contribution < -0.4 is 10.5 Å². The molecule has 0 atom stereocenters. The Bertz CT molecular complexity index is 462. The first-order valence-corrected chi connectivity index (χ1v) is 7.41. The summed E-state index contributed by atoms with van der Waals surface area (Å²) >= 11 is 0. The van der Waals surface area contributed by atoms with Crippen molar-refractivity contribution < 1.29 is 8.42 Å². The maximum atomic E-state index is 12.0. The molecular formula is C12H18N2O2S. The lowest BCUT2D eigenvalue weighted by atomic mass is 10.2. The first kappa shape index (κ1) is 12.5. The average molecular weight is 254 g/mol. The Hall–Kier alpha value is -0.910. The highest BCUT2D eigenvalue weighted by Crippen LogP contribution is 2.20. The summed E-state index contributed by atoms with van der Waals surface area (Å²) in [4.78, 5) is 0.321. The zero-order chi connectivity index (χ0) is 12.3. The Morgan fingerprint density at radius 3 is 2.29 bits per heavy atom. The van der Waals surface area contributed by atoms with Crippen molar-refractivity contribution in [2.24, 2.45) is 5.73 Å². The minimum atomic E-state index is -3.36. The lowest BCUT2D eigenvalue weighted by Gasteiger charge is -2.12. The SMILES string of the molecule is NCc1ccc(S(=O)(=O)NC2CCCC2)cc1. The van der Waals surface area contributed by atoms with Crippen molar-refractivity contribution in [2.75, 3.05) is 0 Å². The van der Waals surface area contributed by atoms with E-state index in [4.69, 9.17) is 5.73 Å². The zero-order valence-corrected chi connectivity index (χ0v) is 10.5. The molecule has 2 rings (SSSR count). The summed E-state index contributed by atoms with van der Waals surface area (Å²) in [6.45, 7) is 0.427. The molecule has 1 aliphatic rings. The van der Waals surface area contributed by atoms with E-state index in [1.807, 2.05) is 0 Å². The number of sulfonamides is 1. The molecule has 1 aromatic rings. The second-order valence-corrected chi connectivity index (χ2v) is 6.16. The Morgan fingerprint density at radius 1 is 1.18 bits per heavy atom. The van der Waals surface area contributed by atoms with Crippen LogP contribution in [-0.2, 0) is 16.6 Å². The molecule has 5 heteroatoms. The van der Waals surface area contributed by atoms with E-state index in [9.17, 15) is 8.42 Å². The van der Waals surface area contributed by atoms with Crippen LogP contribution in [0.3, 0.4) is 0 Å². The molecule has 0 heterocycles. The van der Waals surface area contributed by atoms with E-state index < -0.39 is 10.0 Å². The van der Waals surface area contributed by atoms with Gasteiger partial charge in [0.25, 0.3) is 0 Å². The third kappa shape index (κ3) is 3.06. The third-order valence-electron chi connectivity index (χ3n) is 3.15. The van der Waals surface area contributed by atoms with Gasteiger partial charge in [0, 0.05) is 12.6 Å². The van der Waals surface area contributed by atoms with Crippen molar-refractivity contribution in [1.82, 2.24) is 4.72 Å². The second kappa shape index (κ2) is 5.16. The molecule has 1 saturated carbocycles. The molecule has 1 fully saturated rings. The molecule has 1 aliphatic carbocycles. The molecular weight excluding hydrogens is 236 g/mol. The van der Waals surface area contributed by atoms with Gasteiger partial charge in [-0.2, -0.15) is 0 Å². The lowest BCUT2D eigenvalue weighted by molar-refractivity contribution is 0.552. The van der Waals surface area contributed by atoms with Crippen molar-refractivity contribution in [3.8, 4) is 0 Å². The predicted molar refractivity (Wildman–Crippen MR) is 66.9 cm³/mol. The van der Waals surface area contributed by atoms with Gasteiger partial charge in [-0.3, -0.25) is 0 Å². The van der Waals surface area contributed by atoms with Crippen LogP contribution in [0.5, 0.6) is 0 Å². The number of nitrogens with two attached hydrogens (primary N) is 1. The van der Waals surface area contributed by atoms with Gasteiger partial charge in [0.05, 0.1) is 4.90 Å². The van der Waals surface area contributed by atoms with Crippen LogP contribution in [0.25, 0.3) is 0 Å². The van der Waals surface area contributed by atoms with Gasteiger partial charge >= 0.3 is 0 Å². The van der Waals surface area contributed by atoms with Crippen molar-refractivity contribution in [3.63, 3.8) is 0 Å². The normalized spacial score (nSPS) is 17.5. The summed E-state index contributed by atoms with van der Waals surface area (Å²) in [5.41, 5.74) is 6.41. The van der Waals surface area contributed by atoms with Gasteiger partial charge in [0.1, 0.15) is 0 Å². The molecule has 4 nitrogen and oxygen atoms in total. The maximum Gasteiger partial charge on any atom is 0.240 e. The Labute approximate surface area is 102 Å². The molecule has 0 radical (unpaired) electrons. The average Bonchev–Trinajstić information content (AvgIpc) is 2.81. The molecule has 0 unspecified atom stereocenters. The van der Waals surface area contributed by atoms with Gasteiger partial charge in [-0.15, -0.1) is 0 Å². The third-order valence-corrected chi connectivity index (χ3v) is 4.68. The van der Waals surface area contributed by atoms with Crippen LogP contribution in [0.2, 0.25) is 0 Å². The van der Waals surface area contributed by atoms with Gasteiger partial charge in [-0.05, 0) is 30.5 Å². The summed E-state index contributed by atoms with van der Waals surface area (Å²) in [7, 11) is -3.36. The van der Waals surface area contributed by atoms with Gasteiger partial charge < -0.3 is 5.73 Å². The Balaban J connectivity index is 2.12. The van der Waals surface area contributed by atoms with E-state index in [1.165, 1.54) is 0 Å². The number of hydrogen-bond donors (Lipinski definition) is 2. The highest BCUT2D eigenvalue weighted by Gasteiger charge is 2.22. The molecule has 0 aliphatic heterocycles. The topological polar surface area (TPSA) is 72.2 Å². The van der Waals surface area contributed by atoms with E-state index in [1.54, 1.807) is 24.3 Å². The molecule has 1 aromatic carbocycles. The largest absolute Gasteiger partial charge is 0.326 e. The van der Waals surface area contributed by atoms with E-state index in [-0.39, 0.29) is 6.04 Å². The van der Waals surface area contributed by atoms with E-state index in [2.05, 4.69) is 4.72 Å². The number of nitrogens with one attached hydrogen (secondary N) is 1. The van der Waals surface area contributed by atoms with Crippen LogP contribution >= 0.6 is 0 Å². The molecule has 3 N–H and O–H groups in total. The van der Waals surface area contributed by atoms with Crippen molar-refractivity contribution in [1.29, 1.82) is 0 Å². The number of rotatable bonds is 4. The van der Waals surface area contributed by atoms with Crippen molar-refractivity contribution in [2.45, 2.75) is 43.2 Å². The van der Waals surface area contributed by atoms with Crippen molar-refractivity contribution in [3.05, 3.63) is 29.8 Å². The lowest BCUT2D eigenvalue weighted by Crippen LogP contribution is -2.32. The Kier molecular flexibility index (Phi) is 3.81. The molecule has 17 heavy (non-hydrogen) atoms. The summed E-state index contributed by atoms with van der Waals surface area (Å²) in [5.74, 6) is 0. The second-order valence-electron chi connectivity index (χ2n) is 4.45. The zero-order valence-electron chi connectivity index (χ0n) is 9.72. The minimum absolute atomic E-state index is 0.106. The van der Waals surface area contributed by atoms with E-state index in [0.717, 1.165) is 31.2 Å². The molecule has 0 bridgehead atoms. The first-order valence-electron chi connectivity index (χ1n) is 5.93.